The van der Waals surface area contributed by atoms with E-state index < -0.39 is 0 Å². The Morgan fingerprint density at radius 2 is 1.71 bits per heavy atom. The average molecular weight is 277 g/mol. The summed E-state index contributed by atoms with van der Waals surface area (Å²) in [4.78, 5) is 3.95. The van der Waals surface area contributed by atoms with E-state index in [2.05, 4.69) is 25.8 Å². The van der Waals surface area contributed by atoms with Crippen molar-refractivity contribution < 1.29 is 0 Å². The monoisotopic (exact) mass is 276 g/mol. The molecule has 2 nitrogen and oxygen atoms in total. The van der Waals surface area contributed by atoms with Gasteiger partial charge in [-0.2, -0.15) is 0 Å². The van der Waals surface area contributed by atoms with E-state index in [-0.39, 0.29) is 0 Å². The van der Waals surface area contributed by atoms with E-state index in [1.165, 1.54) is 0 Å². The van der Waals surface area contributed by atoms with Crippen LogP contribution in [0.5, 0.6) is 0 Å². The summed E-state index contributed by atoms with van der Waals surface area (Å²) in [6.07, 6.45) is 1.74. The van der Waals surface area contributed by atoms with Crippen LogP contribution in [-0.4, -0.2) is 10.9 Å². The zero-order valence-electron chi connectivity index (χ0n) is 11.3. The first-order valence-electron chi connectivity index (χ1n) is 5.90. The average Bonchev–Trinajstić information content (AvgIpc) is 2.22. The molecule has 0 fully saturated rings. The van der Waals surface area contributed by atoms with Gasteiger partial charge < -0.3 is 5.41 Å². The van der Waals surface area contributed by atoms with Gasteiger partial charge in [-0.05, 0) is 38.5 Å². The minimum atomic E-state index is 0.319. The lowest BCUT2D eigenvalue weighted by Crippen LogP contribution is -2.08. The van der Waals surface area contributed by atoms with Gasteiger partial charge in [-0.1, -0.05) is 44.0 Å². The van der Waals surface area contributed by atoms with Gasteiger partial charge in [0.2, 0.25) is 0 Å². The van der Waals surface area contributed by atoms with Gasteiger partial charge in [-0.25, -0.2) is 4.99 Å². The van der Waals surface area contributed by atoms with Crippen LogP contribution in [-0.2, 0) is 0 Å². The highest BCUT2D eigenvalue weighted by molar-refractivity contribution is 6.65. The molecule has 0 aliphatic carbocycles. The fourth-order valence-corrected chi connectivity index (χ4v) is 1.61. The molecule has 17 heavy (non-hydrogen) atoms. The Bertz CT molecular complexity index is 326. The van der Waals surface area contributed by atoms with Gasteiger partial charge in [0, 0.05) is 11.3 Å². The van der Waals surface area contributed by atoms with Gasteiger partial charge in [0.25, 0.3) is 0 Å². The van der Waals surface area contributed by atoms with Gasteiger partial charge in [-0.3, -0.25) is 0 Å². The maximum atomic E-state index is 7.95. The molecule has 0 saturated carbocycles. The second kappa shape index (κ2) is 7.88. The molecule has 0 amide bonds. The number of nitrogens with zero attached hydrogens (tertiary/aromatic N) is 1. The van der Waals surface area contributed by atoms with Gasteiger partial charge >= 0.3 is 0 Å². The number of aliphatic imine (C=N–C) groups is 1. The lowest BCUT2D eigenvalue weighted by atomic mass is 9.91. The highest BCUT2D eigenvalue weighted by Crippen LogP contribution is 2.20. The number of halogens is 2. The van der Waals surface area contributed by atoms with Crippen LogP contribution < -0.4 is 0 Å². The SMILES string of the molecule is CC(Cl)=N/C(Cl)=C(/C)C(=N)CCC(C)C(C)C. The Kier molecular flexibility index (Phi) is 7.73. The van der Waals surface area contributed by atoms with Crippen LogP contribution in [0.15, 0.2) is 15.7 Å². The van der Waals surface area contributed by atoms with E-state index in [9.17, 15) is 0 Å². The molecule has 0 saturated heterocycles. The molecule has 0 bridgehead atoms. The Hall–Kier alpha value is -0.340. The first-order chi connectivity index (χ1) is 7.75. The summed E-state index contributed by atoms with van der Waals surface area (Å²) in [5.41, 5.74) is 1.26. The van der Waals surface area contributed by atoms with Crippen molar-refractivity contribution in [2.24, 2.45) is 16.8 Å². The lowest BCUT2D eigenvalue weighted by molar-refractivity contribution is 0.398. The largest absolute Gasteiger partial charge is 0.305 e. The maximum Gasteiger partial charge on any atom is 0.135 e. The molecule has 4 heteroatoms. The molecule has 0 aliphatic rings. The number of allylic oxidation sites excluding steroid dienone is 1. The quantitative estimate of drug-likeness (QED) is 0.511. The standard InChI is InChI=1S/C13H22Cl2N2/c1-8(2)9(3)6-7-12(16)10(4)13(15)17-11(5)14/h8-9,16H,6-7H2,1-5H3/b13-10-,16-12?,17-11?. The third-order valence-electron chi connectivity index (χ3n) is 3.00. The van der Waals surface area contributed by atoms with E-state index in [1.54, 1.807) is 6.92 Å². The fraction of sp³-hybridized carbons (Fsp3) is 0.692. The Morgan fingerprint density at radius 3 is 2.12 bits per heavy atom. The van der Waals surface area contributed by atoms with Gasteiger partial charge in [0.15, 0.2) is 0 Å². The molecule has 1 unspecified atom stereocenters. The van der Waals surface area contributed by atoms with Crippen molar-refractivity contribution in [2.45, 2.75) is 47.5 Å². The molecule has 1 atom stereocenters. The first-order valence-corrected chi connectivity index (χ1v) is 6.66. The topological polar surface area (TPSA) is 36.2 Å². The molecule has 98 valence electrons. The summed E-state index contributed by atoms with van der Waals surface area (Å²) < 4.78 is 0. The zero-order valence-corrected chi connectivity index (χ0v) is 12.8. The van der Waals surface area contributed by atoms with Crippen molar-refractivity contribution in [1.82, 2.24) is 0 Å². The molecule has 0 aromatic rings. The summed E-state index contributed by atoms with van der Waals surface area (Å²) in [5, 5.41) is 8.65. The molecule has 0 heterocycles. The van der Waals surface area contributed by atoms with E-state index in [1.807, 2.05) is 6.92 Å². The van der Waals surface area contributed by atoms with Gasteiger partial charge in [0.05, 0.1) is 0 Å². The van der Waals surface area contributed by atoms with Crippen molar-refractivity contribution in [2.75, 3.05) is 0 Å². The molecule has 0 aromatic heterocycles. The van der Waals surface area contributed by atoms with E-state index >= 15 is 0 Å². The van der Waals surface area contributed by atoms with Crippen LogP contribution in [0.2, 0.25) is 0 Å². The third-order valence-corrected chi connectivity index (χ3v) is 3.45. The van der Waals surface area contributed by atoms with Crippen molar-refractivity contribution in [3.63, 3.8) is 0 Å². The molecule has 0 aromatic carbocycles. The van der Waals surface area contributed by atoms with Gasteiger partial charge in [0.1, 0.15) is 10.3 Å². The Morgan fingerprint density at radius 1 is 1.18 bits per heavy atom. The van der Waals surface area contributed by atoms with Crippen LogP contribution in [0.3, 0.4) is 0 Å². The number of hydrogen-bond donors (Lipinski definition) is 1. The zero-order chi connectivity index (χ0) is 13.6. The summed E-state index contributed by atoms with van der Waals surface area (Å²) in [5.74, 6) is 1.26. The van der Waals surface area contributed by atoms with Crippen molar-refractivity contribution in [1.29, 1.82) is 5.41 Å². The highest BCUT2D eigenvalue weighted by Gasteiger charge is 2.11. The maximum absolute atomic E-state index is 7.95. The lowest BCUT2D eigenvalue weighted by Gasteiger charge is -2.15. The van der Waals surface area contributed by atoms with Crippen LogP contribution in [0, 0.1) is 17.2 Å². The highest BCUT2D eigenvalue weighted by atomic mass is 35.5. The van der Waals surface area contributed by atoms with Crippen LogP contribution in [0.1, 0.15) is 47.5 Å². The Labute approximate surface area is 115 Å². The molecule has 0 aliphatic heterocycles. The predicted octanol–water partition coefficient (Wildman–Crippen LogP) is 5.21. The molecular formula is C13H22Cl2N2. The predicted molar refractivity (Wildman–Crippen MR) is 78.5 cm³/mol. The fourth-order valence-electron chi connectivity index (χ4n) is 1.24. The van der Waals surface area contributed by atoms with Crippen LogP contribution in [0.4, 0.5) is 0 Å². The number of nitrogens with one attached hydrogen (secondary N) is 1. The van der Waals surface area contributed by atoms with Crippen molar-refractivity contribution in [3.05, 3.63) is 10.7 Å². The summed E-state index contributed by atoms with van der Waals surface area (Å²) in [6, 6.07) is 0. The molecule has 0 spiro atoms. The normalized spacial score (nSPS) is 15.9. The molecule has 0 rings (SSSR count). The second-order valence-electron chi connectivity index (χ2n) is 4.76. The summed E-state index contributed by atoms with van der Waals surface area (Å²) in [6.45, 7) is 10.1. The van der Waals surface area contributed by atoms with E-state index in [0.717, 1.165) is 12.8 Å². The molecule has 0 radical (unpaired) electrons. The van der Waals surface area contributed by atoms with E-state index in [0.29, 0.717) is 33.4 Å². The molecular weight excluding hydrogens is 255 g/mol. The van der Waals surface area contributed by atoms with Gasteiger partial charge in [-0.15, -0.1) is 0 Å². The third kappa shape index (κ3) is 6.85. The smallest absolute Gasteiger partial charge is 0.135 e. The van der Waals surface area contributed by atoms with Crippen LogP contribution in [0.25, 0.3) is 0 Å². The molecule has 1 N–H and O–H groups in total. The van der Waals surface area contributed by atoms with Crippen molar-refractivity contribution in [3.8, 4) is 0 Å². The minimum Gasteiger partial charge on any atom is -0.305 e. The summed E-state index contributed by atoms with van der Waals surface area (Å²) >= 11 is 11.6. The minimum absolute atomic E-state index is 0.319. The Balaban J connectivity index is 4.47. The number of hydrogen-bond acceptors (Lipinski definition) is 2. The van der Waals surface area contributed by atoms with Crippen molar-refractivity contribution >= 4 is 34.1 Å². The van der Waals surface area contributed by atoms with Crippen LogP contribution >= 0.6 is 23.2 Å². The second-order valence-corrected chi connectivity index (χ2v) is 5.67. The number of rotatable bonds is 6. The van der Waals surface area contributed by atoms with E-state index in [4.69, 9.17) is 28.6 Å². The summed E-state index contributed by atoms with van der Waals surface area (Å²) in [7, 11) is 0. The first kappa shape index (κ1) is 16.7.